The summed E-state index contributed by atoms with van der Waals surface area (Å²) in [6, 6.07) is 5.98. The number of likely N-dealkylation sites (tertiary alicyclic amines) is 1. The highest BCUT2D eigenvalue weighted by molar-refractivity contribution is 7.91. The molecule has 1 aromatic heterocycles. The number of ketones is 1. The Hall–Kier alpha value is -4.79. The van der Waals surface area contributed by atoms with E-state index in [2.05, 4.69) is 21.6 Å². The molecule has 14 nitrogen and oxygen atoms in total. The molecule has 5 rings (SSSR count). The van der Waals surface area contributed by atoms with Crippen LogP contribution in [0.3, 0.4) is 0 Å². The monoisotopic (exact) mass is 780 g/mol. The summed E-state index contributed by atoms with van der Waals surface area (Å²) >= 11 is 0. The molecule has 5 atom stereocenters. The first-order valence-electron chi connectivity index (χ1n) is 18.7. The van der Waals surface area contributed by atoms with E-state index in [1.807, 2.05) is 19.9 Å². The normalized spacial score (nSPS) is 23.0. The number of hydrogen-bond donors (Lipinski definition) is 2. The van der Waals surface area contributed by atoms with Crippen molar-refractivity contribution in [2.75, 3.05) is 13.7 Å². The molecule has 3 aliphatic rings. The number of esters is 1. The van der Waals surface area contributed by atoms with E-state index < -0.39 is 74.1 Å². The second-order valence-electron chi connectivity index (χ2n) is 16.0. The molecule has 1 aliphatic heterocycles. The fraction of sp³-hybridized carbons (Fsp3) is 0.550. The highest BCUT2D eigenvalue weighted by atomic mass is 32.2. The zero-order valence-electron chi connectivity index (χ0n) is 32.3. The molecule has 298 valence electrons. The first-order valence-corrected chi connectivity index (χ1v) is 20.2. The Bertz CT molecular complexity index is 1970. The number of hydrogen-bond acceptors (Lipinski definition) is 11. The Morgan fingerprint density at radius 3 is 2.47 bits per heavy atom. The molecule has 1 saturated heterocycles. The zero-order valence-corrected chi connectivity index (χ0v) is 33.1. The molecule has 2 saturated carbocycles. The summed E-state index contributed by atoms with van der Waals surface area (Å²) in [7, 11) is -2.37. The maximum atomic E-state index is 14.6. The smallest absolute Gasteiger partial charge is 0.307 e. The minimum absolute atomic E-state index is 0.00628. The van der Waals surface area contributed by atoms with Crippen molar-refractivity contribution < 1.29 is 46.6 Å². The fourth-order valence-electron chi connectivity index (χ4n) is 6.73. The van der Waals surface area contributed by atoms with Crippen LogP contribution in [0.15, 0.2) is 55.3 Å². The highest BCUT2D eigenvalue weighted by Gasteiger charge is 2.62. The van der Waals surface area contributed by atoms with Gasteiger partial charge in [-0.1, -0.05) is 26.0 Å². The number of amides is 3. The molecule has 3 amide bonds. The first-order chi connectivity index (χ1) is 25.9. The number of allylic oxidation sites excluding steroid dienone is 2. The number of pyridine rings is 1. The van der Waals surface area contributed by atoms with Crippen molar-refractivity contribution >= 4 is 50.3 Å². The lowest BCUT2D eigenvalue weighted by Crippen LogP contribution is -2.57. The van der Waals surface area contributed by atoms with Crippen molar-refractivity contribution in [1.82, 2.24) is 19.9 Å². The number of sulfonamides is 1. The molecule has 55 heavy (non-hydrogen) atoms. The lowest BCUT2D eigenvalue weighted by Gasteiger charge is -2.29. The summed E-state index contributed by atoms with van der Waals surface area (Å²) in [5, 5.41) is 3.57. The number of benzene rings is 1. The number of methoxy groups -OCH3 is 1. The van der Waals surface area contributed by atoms with Crippen LogP contribution in [0.1, 0.15) is 79.6 Å². The molecule has 0 radical (unpaired) electrons. The zero-order chi connectivity index (χ0) is 40.3. The Morgan fingerprint density at radius 2 is 1.85 bits per heavy atom. The van der Waals surface area contributed by atoms with Gasteiger partial charge in [0, 0.05) is 36.3 Å². The maximum absolute atomic E-state index is 14.6. The lowest BCUT2D eigenvalue weighted by atomic mass is 9.95. The fourth-order valence-corrected chi connectivity index (χ4v) is 8.10. The predicted molar refractivity (Wildman–Crippen MR) is 204 cm³/mol. The van der Waals surface area contributed by atoms with Crippen LogP contribution in [-0.2, 0) is 38.7 Å². The molecular weight excluding hydrogens is 729 g/mol. The molecule has 0 spiro atoms. The van der Waals surface area contributed by atoms with Crippen molar-refractivity contribution in [2.24, 2.45) is 17.8 Å². The van der Waals surface area contributed by atoms with Gasteiger partial charge in [0.2, 0.25) is 27.7 Å². The van der Waals surface area contributed by atoms with Crippen LogP contribution < -0.4 is 19.5 Å². The van der Waals surface area contributed by atoms with E-state index in [4.69, 9.17) is 14.2 Å². The van der Waals surface area contributed by atoms with E-state index in [1.165, 1.54) is 17.1 Å². The topological polar surface area (TPSA) is 187 Å². The quantitative estimate of drug-likeness (QED) is 0.133. The van der Waals surface area contributed by atoms with E-state index in [0.717, 1.165) is 5.39 Å². The van der Waals surface area contributed by atoms with Gasteiger partial charge in [-0.05, 0) is 88.1 Å². The third kappa shape index (κ3) is 10.3. The largest absolute Gasteiger partial charge is 0.497 e. The van der Waals surface area contributed by atoms with Crippen molar-refractivity contribution in [3.05, 3.63) is 55.3 Å². The molecule has 3 fully saturated rings. The van der Waals surface area contributed by atoms with Crippen LogP contribution in [0.5, 0.6) is 11.6 Å². The van der Waals surface area contributed by atoms with E-state index in [0.29, 0.717) is 24.0 Å². The SMILES string of the molecule is C=C[C@@H]1C[C@]1(NC(=O)[C@@H]1C[C@@H](Oc2nccc3cc(OC)ccc23)CN1C(=O)[C@H](CCC(=O)/C=C/C(C)C)CC(=O)OC(C)(C)C)C(=O)NS(=O)(=O)C1CC1. The highest BCUT2D eigenvalue weighted by Crippen LogP contribution is 2.45. The van der Waals surface area contributed by atoms with Crippen molar-refractivity contribution in [1.29, 1.82) is 0 Å². The van der Waals surface area contributed by atoms with Gasteiger partial charge in [-0.3, -0.25) is 28.7 Å². The third-order valence-corrected chi connectivity index (χ3v) is 11.7. The summed E-state index contributed by atoms with van der Waals surface area (Å²) in [5.41, 5.74) is -2.42. The van der Waals surface area contributed by atoms with Crippen molar-refractivity contribution in [3.8, 4) is 11.6 Å². The van der Waals surface area contributed by atoms with Crippen LogP contribution in [0.4, 0.5) is 0 Å². The second kappa shape index (κ2) is 16.5. The summed E-state index contributed by atoms with van der Waals surface area (Å²) in [4.78, 5) is 74.1. The van der Waals surface area contributed by atoms with Gasteiger partial charge in [-0.2, -0.15) is 0 Å². The van der Waals surface area contributed by atoms with Gasteiger partial charge in [0.25, 0.3) is 5.91 Å². The second-order valence-corrected chi connectivity index (χ2v) is 17.9. The standard InChI is InChI=1S/C40H52N4O10S/c1-8-27-22-40(27,38(49)43-55(50,51)31-14-15-31)42-35(47)33-21-30(53-36-32-16-13-29(52-7)19-25(32)17-18-41-36)23-44(33)37(48)26(20-34(46)54-39(4,5)6)10-12-28(45)11-9-24(2)3/h8-9,11,13,16-19,24,26-27,30-31,33H,1,10,12,14-15,20-23H2,2-7H3,(H,42,47)(H,43,49)/b11-9+/t26-,27-,30-,33+,40-/m1/s1. The van der Waals surface area contributed by atoms with Crippen LogP contribution >= 0.6 is 0 Å². The minimum Gasteiger partial charge on any atom is -0.497 e. The molecule has 0 unspecified atom stereocenters. The van der Waals surface area contributed by atoms with Crippen molar-refractivity contribution in [3.63, 3.8) is 0 Å². The van der Waals surface area contributed by atoms with Gasteiger partial charge in [0.15, 0.2) is 5.78 Å². The van der Waals surface area contributed by atoms with Crippen LogP contribution in [-0.4, -0.2) is 90.0 Å². The number of nitrogens with zero attached hydrogens (tertiary/aromatic N) is 2. The molecule has 0 bridgehead atoms. The summed E-state index contributed by atoms with van der Waals surface area (Å²) in [5.74, 6) is -3.55. The van der Waals surface area contributed by atoms with Gasteiger partial charge in [-0.25, -0.2) is 13.4 Å². The predicted octanol–water partition coefficient (Wildman–Crippen LogP) is 4.17. The summed E-state index contributed by atoms with van der Waals surface area (Å²) in [6.45, 7) is 12.7. The van der Waals surface area contributed by atoms with Crippen molar-refractivity contribution in [2.45, 2.75) is 108 Å². The van der Waals surface area contributed by atoms with Gasteiger partial charge in [0.05, 0.1) is 25.3 Å². The number of carbonyl (C=O) groups is 5. The van der Waals surface area contributed by atoms with Crippen LogP contribution in [0.2, 0.25) is 0 Å². The summed E-state index contributed by atoms with van der Waals surface area (Å²) < 4.78 is 44.9. The van der Waals surface area contributed by atoms with E-state index in [9.17, 15) is 32.4 Å². The maximum Gasteiger partial charge on any atom is 0.307 e. The number of fused-ring (bicyclic) bond motifs is 1. The lowest BCUT2D eigenvalue weighted by molar-refractivity contribution is -0.159. The molecular formula is C40H52N4O10S. The van der Waals surface area contributed by atoms with E-state index in [-0.39, 0.29) is 56.2 Å². The number of rotatable bonds is 17. The van der Waals surface area contributed by atoms with Gasteiger partial charge >= 0.3 is 5.97 Å². The third-order valence-electron chi connectivity index (χ3n) is 9.90. The summed E-state index contributed by atoms with van der Waals surface area (Å²) in [6.07, 6.45) is 6.12. The Morgan fingerprint density at radius 1 is 1.13 bits per heavy atom. The average Bonchev–Trinajstić information content (AvgIpc) is 4.04. The molecule has 15 heteroatoms. The molecule has 2 N–H and O–H groups in total. The molecule has 2 heterocycles. The number of aromatic nitrogens is 1. The van der Waals surface area contributed by atoms with E-state index >= 15 is 0 Å². The Kier molecular flexibility index (Phi) is 12.4. The van der Waals surface area contributed by atoms with Gasteiger partial charge in [0.1, 0.15) is 29.0 Å². The van der Waals surface area contributed by atoms with Crippen LogP contribution in [0.25, 0.3) is 10.8 Å². The number of ether oxygens (including phenoxy) is 3. The number of nitrogens with one attached hydrogen (secondary N) is 2. The minimum atomic E-state index is -3.93. The first kappa shape index (κ1) is 41.4. The molecule has 1 aromatic carbocycles. The van der Waals surface area contributed by atoms with Crippen LogP contribution in [0, 0.1) is 17.8 Å². The molecule has 2 aliphatic carbocycles. The van der Waals surface area contributed by atoms with Gasteiger partial charge < -0.3 is 24.4 Å². The number of carbonyl (C=O) groups excluding carboxylic acids is 5. The Balaban J connectivity index is 1.44. The van der Waals surface area contributed by atoms with E-state index in [1.54, 1.807) is 58.4 Å². The average molecular weight is 781 g/mol. The molecule has 2 aromatic rings. The Labute approximate surface area is 322 Å². The van der Waals surface area contributed by atoms with Gasteiger partial charge in [-0.15, -0.1) is 6.58 Å².